The summed E-state index contributed by atoms with van der Waals surface area (Å²) in [5.74, 6) is -0.301. The lowest BCUT2D eigenvalue weighted by atomic mass is 10.2. The summed E-state index contributed by atoms with van der Waals surface area (Å²) < 4.78 is 13.2. The summed E-state index contributed by atoms with van der Waals surface area (Å²) >= 11 is 3.17. The molecule has 0 aliphatic carbocycles. The molecule has 12 heavy (non-hydrogen) atoms. The highest BCUT2D eigenvalue weighted by Crippen LogP contribution is 2.18. The summed E-state index contributed by atoms with van der Waals surface area (Å²) in [6.07, 6.45) is 3.64. The average molecular weight is 229 g/mol. The molecule has 1 aromatic carbocycles. The highest BCUT2D eigenvalue weighted by Gasteiger charge is 1.96. The van der Waals surface area contributed by atoms with Crippen molar-refractivity contribution < 1.29 is 9.18 Å². The lowest BCUT2D eigenvalue weighted by Gasteiger charge is -1.96. The van der Waals surface area contributed by atoms with E-state index in [0.717, 1.165) is 5.56 Å². The minimum Gasteiger partial charge on any atom is -0.299 e. The zero-order valence-corrected chi connectivity index (χ0v) is 7.71. The van der Waals surface area contributed by atoms with Gasteiger partial charge >= 0.3 is 0 Å². The van der Waals surface area contributed by atoms with Crippen LogP contribution in [0, 0.1) is 5.82 Å². The number of carbonyl (C=O) groups excluding carboxylic acids is 1. The van der Waals surface area contributed by atoms with E-state index in [4.69, 9.17) is 0 Å². The van der Waals surface area contributed by atoms with Gasteiger partial charge in [-0.05, 0) is 23.8 Å². The zero-order valence-electron chi connectivity index (χ0n) is 6.13. The first-order chi connectivity index (χ1) is 5.74. The van der Waals surface area contributed by atoms with E-state index < -0.39 is 0 Å². The molecule has 0 fully saturated rings. The van der Waals surface area contributed by atoms with Crippen LogP contribution in [0.5, 0.6) is 0 Å². The third kappa shape index (κ3) is 2.27. The maximum Gasteiger partial charge on any atom is 0.142 e. The number of benzene rings is 1. The Morgan fingerprint density at radius 2 is 2.17 bits per heavy atom. The number of carbonyl (C=O) groups is 1. The van der Waals surface area contributed by atoms with E-state index in [-0.39, 0.29) is 5.82 Å². The molecule has 0 amide bonds. The number of rotatable bonds is 2. The van der Waals surface area contributed by atoms with Crippen LogP contribution in [0.4, 0.5) is 4.39 Å². The van der Waals surface area contributed by atoms with Gasteiger partial charge in [0.15, 0.2) is 0 Å². The molecular formula is C9H6BrFO. The molecule has 0 bridgehead atoms. The topological polar surface area (TPSA) is 17.1 Å². The summed E-state index contributed by atoms with van der Waals surface area (Å²) in [7, 11) is 0. The molecule has 0 aromatic heterocycles. The maximum atomic E-state index is 12.5. The van der Waals surface area contributed by atoms with E-state index in [1.807, 2.05) is 0 Å². The van der Waals surface area contributed by atoms with Crippen molar-refractivity contribution in [2.45, 2.75) is 0 Å². The second-order valence-corrected chi connectivity index (χ2v) is 3.02. The molecule has 3 heteroatoms. The summed E-state index contributed by atoms with van der Waals surface area (Å²) in [4.78, 5) is 9.98. The lowest BCUT2D eigenvalue weighted by molar-refractivity contribution is -0.104. The molecule has 0 spiro atoms. The first kappa shape index (κ1) is 9.13. The van der Waals surface area contributed by atoms with Crippen LogP contribution in [0.25, 0.3) is 6.08 Å². The van der Waals surface area contributed by atoms with Crippen molar-refractivity contribution in [3.8, 4) is 0 Å². The third-order valence-electron chi connectivity index (χ3n) is 1.32. The van der Waals surface area contributed by atoms with Gasteiger partial charge in [0.1, 0.15) is 12.1 Å². The van der Waals surface area contributed by atoms with Crippen molar-refractivity contribution >= 4 is 28.3 Å². The standard InChI is InChI=1S/C9H6BrFO/c10-9-6-8(11)4-3-7(9)2-1-5-12/h1-6H. The minimum atomic E-state index is -0.301. The number of hydrogen-bond donors (Lipinski definition) is 0. The Bertz CT molecular complexity index is 320. The molecular weight excluding hydrogens is 223 g/mol. The monoisotopic (exact) mass is 228 g/mol. The molecule has 0 aliphatic rings. The first-order valence-corrected chi connectivity index (χ1v) is 4.10. The van der Waals surface area contributed by atoms with Gasteiger partial charge in [-0.1, -0.05) is 28.1 Å². The normalized spacial score (nSPS) is 10.5. The third-order valence-corrected chi connectivity index (χ3v) is 2.00. The van der Waals surface area contributed by atoms with E-state index in [1.54, 1.807) is 12.1 Å². The van der Waals surface area contributed by atoms with Gasteiger partial charge in [0.25, 0.3) is 0 Å². The molecule has 1 aromatic rings. The van der Waals surface area contributed by atoms with Crippen molar-refractivity contribution in [1.29, 1.82) is 0 Å². The van der Waals surface area contributed by atoms with Crippen molar-refractivity contribution in [2.24, 2.45) is 0 Å². The van der Waals surface area contributed by atoms with Crippen LogP contribution in [0.2, 0.25) is 0 Å². The lowest BCUT2D eigenvalue weighted by Crippen LogP contribution is -1.78. The fourth-order valence-electron chi connectivity index (χ4n) is 0.780. The van der Waals surface area contributed by atoms with Crippen molar-refractivity contribution in [2.75, 3.05) is 0 Å². The van der Waals surface area contributed by atoms with E-state index in [9.17, 15) is 9.18 Å². The van der Waals surface area contributed by atoms with E-state index in [1.165, 1.54) is 18.2 Å². The van der Waals surface area contributed by atoms with Crippen LogP contribution in [-0.4, -0.2) is 6.29 Å². The second kappa shape index (κ2) is 4.16. The van der Waals surface area contributed by atoms with Crippen molar-refractivity contribution in [3.63, 3.8) is 0 Å². The van der Waals surface area contributed by atoms with Crippen LogP contribution in [0.3, 0.4) is 0 Å². The van der Waals surface area contributed by atoms with Gasteiger partial charge in [-0.3, -0.25) is 4.79 Å². The van der Waals surface area contributed by atoms with Crippen LogP contribution < -0.4 is 0 Å². The first-order valence-electron chi connectivity index (χ1n) is 3.31. The van der Waals surface area contributed by atoms with Crippen LogP contribution >= 0.6 is 15.9 Å². The summed E-state index contributed by atoms with van der Waals surface area (Å²) in [6, 6.07) is 4.29. The van der Waals surface area contributed by atoms with Gasteiger partial charge in [0.05, 0.1) is 0 Å². The van der Waals surface area contributed by atoms with E-state index >= 15 is 0 Å². The Labute approximate surface area is 78.0 Å². The second-order valence-electron chi connectivity index (χ2n) is 2.16. The summed E-state index contributed by atoms with van der Waals surface area (Å²) in [5.41, 5.74) is 0.781. The van der Waals surface area contributed by atoms with Crippen molar-refractivity contribution in [1.82, 2.24) is 0 Å². The zero-order chi connectivity index (χ0) is 8.97. The van der Waals surface area contributed by atoms with Crippen LogP contribution in [0.1, 0.15) is 5.56 Å². The van der Waals surface area contributed by atoms with Crippen molar-refractivity contribution in [3.05, 3.63) is 40.1 Å². The van der Waals surface area contributed by atoms with Gasteiger partial charge in [0.2, 0.25) is 0 Å². The Kier molecular flexibility index (Phi) is 3.17. The van der Waals surface area contributed by atoms with Gasteiger partial charge in [-0.15, -0.1) is 0 Å². The maximum absolute atomic E-state index is 12.5. The molecule has 0 atom stereocenters. The number of allylic oxidation sites excluding steroid dienone is 1. The SMILES string of the molecule is O=CC=Cc1ccc(F)cc1Br. The van der Waals surface area contributed by atoms with E-state index in [2.05, 4.69) is 15.9 Å². The Hall–Kier alpha value is -0.960. The minimum absolute atomic E-state index is 0.301. The van der Waals surface area contributed by atoms with Gasteiger partial charge in [-0.2, -0.15) is 0 Å². The number of halogens is 2. The number of hydrogen-bond acceptors (Lipinski definition) is 1. The Balaban J connectivity index is 3.01. The Morgan fingerprint density at radius 3 is 2.75 bits per heavy atom. The fraction of sp³-hybridized carbons (Fsp3) is 0. The quantitative estimate of drug-likeness (QED) is 0.562. The highest BCUT2D eigenvalue weighted by atomic mass is 79.9. The van der Waals surface area contributed by atoms with Gasteiger partial charge in [0, 0.05) is 4.47 Å². The molecule has 0 radical (unpaired) electrons. The smallest absolute Gasteiger partial charge is 0.142 e. The van der Waals surface area contributed by atoms with Gasteiger partial charge < -0.3 is 0 Å². The predicted molar refractivity (Wildman–Crippen MR) is 49.2 cm³/mol. The van der Waals surface area contributed by atoms with Crippen LogP contribution in [0.15, 0.2) is 28.7 Å². The largest absolute Gasteiger partial charge is 0.299 e. The predicted octanol–water partition coefficient (Wildman–Crippen LogP) is 2.80. The molecule has 1 nitrogen and oxygen atoms in total. The molecule has 0 aliphatic heterocycles. The molecule has 0 heterocycles. The summed E-state index contributed by atoms with van der Waals surface area (Å²) in [5, 5.41) is 0. The molecule has 0 saturated carbocycles. The number of aldehydes is 1. The fourth-order valence-corrected chi connectivity index (χ4v) is 1.26. The molecule has 62 valence electrons. The summed E-state index contributed by atoms with van der Waals surface area (Å²) in [6.45, 7) is 0. The molecule has 1 rings (SSSR count). The highest BCUT2D eigenvalue weighted by molar-refractivity contribution is 9.10. The van der Waals surface area contributed by atoms with Gasteiger partial charge in [-0.25, -0.2) is 4.39 Å². The average Bonchev–Trinajstić information content (AvgIpc) is 2.03. The molecule has 0 unspecified atom stereocenters. The van der Waals surface area contributed by atoms with E-state index in [0.29, 0.717) is 10.8 Å². The Morgan fingerprint density at radius 1 is 1.42 bits per heavy atom. The molecule has 0 N–H and O–H groups in total. The molecule has 0 saturated heterocycles. The van der Waals surface area contributed by atoms with Crippen LogP contribution in [-0.2, 0) is 4.79 Å².